The fourth-order valence-corrected chi connectivity index (χ4v) is 3.43. The molecule has 0 saturated heterocycles. The number of halogens is 1. The molecule has 2 aromatic rings. The Kier molecular flexibility index (Phi) is 3.44. The molecule has 1 aromatic heterocycles. The van der Waals surface area contributed by atoms with Gasteiger partial charge < -0.3 is 10.6 Å². The van der Waals surface area contributed by atoms with E-state index in [0.717, 1.165) is 41.0 Å². The average Bonchev–Trinajstić information content (AvgIpc) is 2.36. The highest BCUT2D eigenvalue weighted by atomic mass is 35.5. The minimum Gasteiger partial charge on any atom is -0.324 e. The number of aromatic nitrogens is 1. The summed E-state index contributed by atoms with van der Waals surface area (Å²) in [4.78, 5) is 7.21. The van der Waals surface area contributed by atoms with Gasteiger partial charge in [0.1, 0.15) is 0 Å². The van der Waals surface area contributed by atoms with Crippen molar-refractivity contribution < 1.29 is 0 Å². The maximum atomic E-state index is 6.26. The third-order valence-electron chi connectivity index (χ3n) is 4.09. The quantitative estimate of drug-likeness (QED) is 0.876. The topological polar surface area (TPSA) is 42.1 Å². The summed E-state index contributed by atoms with van der Waals surface area (Å²) in [6.45, 7) is 6.07. The molecule has 3 nitrogen and oxygen atoms in total. The van der Waals surface area contributed by atoms with Crippen molar-refractivity contribution in [1.29, 1.82) is 0 Å². The third kappa shape index (κ3) is 2.20. The lowest BCUT2D eigenvalue weighted by molar-refractivity contribution is 0.308. The highest BCUT2D eigenvalue weighted by Gasteiger charge is 2.23. The number of benzene rings is 1. The molecule has 0 aliphatic carbocycles. The third-order valence-corrected chi connectivity index (χ3v) is 4.31. The summed E-state index contributed by atoms with van der Waals surface area (Å²) in [5, 5.41) is 1.86. The Hall–Kier alpha value is -1.16. The lowest BCUT2D eigenvalue weighted by Gasteiger charge is -2.28. The first kappa shape index (κ1) is 13.8. The maximum Gasteiger partial charge on any atom is 0.0739 e. The van der Waals surface area contributed by atoms with Crippen LogP contribution in [0.5, 0.6) is 0 Å². The molecule has 3 rings (SSSR count). The fraction of sp³-hybridized carbons (Fsp3) is 0.438. The second-order valence-electron chi connectivity index (χ2n) is 5.85. The fourth-order valence-electron chi connectivity index (χ4n) is 3.16. The van der Waals surface area contributed by atoms with Crippen LogP contribution in [0.2, 0.25) is 5.02 Å². The highest BCUT2D eigenvalue weighted by Crippen LogP contribution is 2.34. The van der Waals surface area contributed by atoms with E-state index in [-0.39, 0.29) is 6.04 Å². The number of nitrogens with two attached hydrogens (primary N) is 1. The molecule has 0 saturated carbocycles. The molecule has 1 atom stereocenters. The van der Waals surface area contributed by atoms with Gasteiger partial charge in [-0.1, -0.05) is 11.6 Å². The van der Waals surface area contributed by atoms with Crippen molar-refractivity contribution >= 4 is 22.5 Å². The molecule has 20 heavy (non-hydrogen) atoms. The molecule has 106 valence electrons. The number of fused-ring (bicyclic) bond motifs is 2. The molecule has 0 amide bonds. The zero-order valence-corrected chi connectivity index (χ0v) is 13.0. The number of aryl methyl sites for hydroxylation is 1. The van der Waals surface area contributed by atoms with Crippen molar-refractivity contribution in [3.8, 4) is 0 Å². The molecule has 0 bridgehead atoms. The standard InChI is InChI=1S/C16H20ClN3/c1-9-6-11(17)7-12-15(10(2)18)13-8-20(3)5-4-14(13)19-16(9)12/h6-7,10H,4-5,8,18H2,1-3H3. The van der Waals surface area contributed by atoms with Crippen LogP contribution >= 0.6 is 11.6 Å². The summed E-state index contributed by atoms with van der Waals surface area (Å²) in [7, 11) is 2.14. The molecular formula is C16H20ClN3. The number of pyridine rings is 1. The summed E-state index contributed by atoms with van der Waals surface area (Å²) < 4.78 is 0. The predicted molar refractivity (Wildman–Crippen MR) is 84.1 cm³/mol. The van der Waals surface area contributed by atoms with Crippen LogP contribution in [-0.4, -0.2) is 23.5 Å². The van der Waals surface area contributed by atoms with Crippen LogP contribution < -0.4 is 5.73 Å². The van der Waals surface area contributed by atoms with E-state index < -0.39 is 0 Å². The minimum absolute atomic E-state index is 0.0152. The number of nitrogens with zero attached hydrogens (tertiary/aromatic N) is 2. The van der Waals surface area contributed by atoms with Crippen molar-refractivity contribution in [2.24, 2.45) is 5.73 Å². The van der Waals surface area contributed by atoms with Crippen molar-refractivity contribution in [3.63, 3.8) is 0 Å². The van der Waals surface area contributed by atoms with Crippen LogP contribution in [-0.2, 0) is 13.0 Å². The van der Waals surface area contributed by atoms with E-state index in [1.165, 1.54) is 16.8 Å². The SMILES string of the molecule is Cc1cc(Cl)cc2c(C(C)N)c3c(nc12)CCN(C)C3. The Morgan fingerprint density at radius 1 is 1.40 bits per heavy atom. The van der Waals surface area contributed by atoms with Gasteiger partial charge >= 0.3 is 0 Å². The van der Waals surface area contributed by atoms with Crippen LogP contribution in [0.1, 0.15) is 35.3 Å². The Balaban J connectivity index is 2.39. The Morgan fingerprint density at radius 3 is 2.85 bits per heavy atom. The van der Waals surface area contributed by atoms with E-state index in [0.29, 0.717) is 0 Å². The zero-order chi connectivity index (χ0) is 14.4. The predicted octanol–water partition coefficient (Wildman–Crippen LogP) is 3.20. The van der Waals surface area contributed by atoms with Crippen LogP contribution in [0, 0.1) is 6.92 Å². The van der Waals surface area contributed by atoms with Crippen LogP contribution in [0.25, 0.3) is 10.9 Å². The average molecular weight is 290 g/mol. The van der Waals surface area contributed by atoms with Gasteiger partial charge in [0.25, 0.3) is 0 Å². The number of rotatable bonds is 1. The van der Waals surface area contributed by atoms with Gasteiger partial charge in [0, 0.05) is 41.7 Å². The highest BCUT2D eigenvalue weighted by molar-refractivity contribution is 6.31. The van der Waals surface area contributed by atoms with E-state index in [2.05, 4.69) is 18.9 Å². The van der Waals surface area contributed by atoms with E-state index >= 15 is 0 Å². The normalized spacial score (nSPS) is 17.2. The molecule has 2 heterocycles. The number of likely N-dealkylation sites (N-methyl/N-ethyl adjacent to an activating group) is 1. The number of hydrogen-bond acceptors (Lipinski definition) is 3. The number of hydrogen-bond donors (Lipinski definition) is 1. The van der Waals surface area contributed by atoms with Gasteiger partial charge in [-0.25, -0.2) is 0 Å². The van der Waals surface area contributed by atoms with Gasteiger partial charge in [0.15, 0.2) is 0 Å². The maximum absolute atomic E-state index is 6.26. The summed E-state index contributed by atoms with van der Waals surface area (Å²) in [5.41, 5.74) is 12.1. The second-order valence-corrected chi connectivity index (χ2v) is 6.28. The van der Waals surface area contributed by atoms with E-state index in [1.807, 2.05) is 19.1 Å². The molecule has 1 unspecified atom stereocenters. The van der Waals surface area contributed by atoms with Crippen LogP contribution in [0.4, 0.5) is 0 Å². The Labute approximate surface area is 124 Å². The van der Waals surface area contributed by atoms with Gasteiger partial charge in [-0.05, 0) is 49.7 Å². The monoisotopic (exact) mass is 289 g/mol. The van der Waals surface area contributed by atoms with Crippen LogP contribution in [0.3, 0.4) is 0 Å². The summed E-state index contributed by atoms with van der Waals surface area (Å²) in [6, 6.07) is 3.96. The largest absolute Gasteiger partial charge is 0.324 e. The molecule has 0 radical (unpaired) electrons. The van der Waals surface area contributed by atoms with E-state index in [9.17, 15) is 0 Å². The van der Waals surface area contributed by atoms with E-state index in [4.69, 9.17) is 22.3 Å². The molecular weight excluding hydrogens is 270 g/mol. The molecule has 2 N–H and O–H groups in total. The van der Waals surface area contributed by atoms with Gasteiger partial charge in [0.05, 0.1) is 5.52 Å². The summed E-state index contributed by atoms with van der Waals surface area (Å²) >= 11 is 6.23. The van der Waals surface area contributed by atoms with Gasteiger partial charge in [-0.2, -0.15) is 0 Å². The summed E-state index contributed by atoms with van der Waals surface area (Å²) in [6.07, 6.45) is 0.990. The molecule has 1 aromatic carbocycles. The molecule has 1 aliphatic heterocycles. The molecule has 0 fully saturated rings. The van der Waals surface area contributed by atoms with Crippen molar-refractivity contribution in [2.45, 2.75) is 32.9 Å². The summed E-state index contributed by atoms with van der Waals surface area (Å²) in [5.74, 6) is 0. The minimum atomic E-state index is -0.0152. The second kappa shape index (κ2) is 4.99. The first-order valence-electron chi connectivity index (χ1n) is 7.03. The van der Waals surface area contributed by atoms with Gasteiger partial charge in [0.2, 0.25) is 0 Å². The van der Waals surface area contributed by atoms with Crippen molar-refractivity contribution in [1.82, 2.24) is 9.88 Å². The van der Waals surface area contributed by atoms with Crippen molar-refractivity contribution in [3.05, 3.63) is 39.5 Å². The van der Waals surface area contributed by atoms with Crippen LogP contribution in [0.15, 0.2) is 12.1 Å². The lowest BCUT2D eigenvalue weighted by atomic mass is 9.91. The molecule has 1 aliphatic rings. The first-order valence-corrected chi connectivity index (χ1v) is 7.40. The van der Waals surface area contributed by atoms with Crippen molar-refractivity contribution in [2.75, 3.05) is 13.6 Å². The van der Waals surface area contributed by atoms with Gasteiger partial charge in [-0.3, -0.25) is 4.98 Å². The smallest absolute Gasteiger partial charge is 0.0739 e. The molecule has 0 spiro atoms. The van der Waals surface area contributed by atoms with Gasteiger partial charge in [-0.15, -0.1) is 0 Å². The Bertz CT molecular complexity index is 679. The van der Waals surface area contributed by atoms with E-state index in [1.54, 1.807) is 0 Å². The zero-order valence-electron chi connectivity index (χ0n) is 12.2. The lowest BCUT2D eigenvalue weighted by Crippen LogP contribution is -2.29. The first-order chi connectivity index (χ1) is 9.47. The molecule has 4 heteroatoms. The Morgan fingerprint density at radius 2 is 2.15 bits per heavy atom.